The lowest BCUT2D eigenvalue weighted by Gasteiger charge is -2.17. The van der Waals surface area contributed by atoms with Gasteiger partial charge in [-0.05, 0) is 17.0 Å². The summed E-state index contributed by atoms with van der Waals surface area (Å²) in [6.07, 6.45) is 0. The number of carbonyl (C=O) groups is 2. The summed E-state index contributed by atoms with van der Waals surface area (Å²) in [5.74, 6) is -1.10. The molecule has 6 nitrogen and oxygen atoms in total. The van der Waals surface area contributed by atoms with Gasteiger partial charge in [-0.25, -0.2) is 9.59 Å². The molecular formula is C14H14N2O4S. The maximum absolute atomic E-state index is 11.9. The van der Waals surface area contributed by atoms with Crippen LogP contribution in [0, 0.1) is 0 Å². The standard InChI is InChI=1S/C14H14N2O4S/c17-8-11(9-4-2-1-3-5-9)15-14(20)16-12-10(13(18)19)6-7-21-12/h1-7,11,17H,8H2,(H,18,19)(H2,15,16,20)/t11-/m0/s1. The van der Waals surface area contributed by atoms with Gasteiger partial charge < -0.3 is 15.5 Å². The number of urea groups is 1. The smallest absolute Gasteiger partial charge is 0.338 e. The van der Waals surface area contributed by atoms with Gasteiger partial charge in [-0.15, -0.1) is 11.3 Å². The quantitative estimate of drug-likeness (QED) is 0.681. The van der Waals surface area contributed by atoms with Gasteiger partial charge in [0.15, 0.2) is 0 Å². The molecule has 0 saturated heterocycles. The Balaban J connectivity index is 2.04. The van der Waals surface area contributed by atoms with Crippen LogP contribution in [0.2, 0.25) is 0 Å². The maximum Gasteiger partial charge on any atom is 0.338 e. The number of carbonyl (C=O) groups excluding carboxylic acids is 1. The van der Waals surface area contributed by atoms with Gasteiger partial charge in [-0.3, -0.25) is 5.32 Å². The van der Waals surface area contributed by atoms with Crippen molar-refractivity contribution in [2.24, 2.45) is 0 Å². The van der Waals surface area contributed by atoms with Crippen LogP contribution in [0.15, 0.2) is 41.8 Å². The van der Waals surface area contributed by atoms with E-state index in [1.54, 1.807) is 29.6 Å². The van der Waals surface area contributed by atoms with E-state index in [1.165, 1.54) is 6.07 Å². The van der Waals surface area contributed by atoms with Crippen molar-refractivity contribution in [1.82, 2.24) is 5.32 Å². The van der Waals surface area contributed by atoms with Crippen LogP contribution in [-0.4, -0.2) is 28.8 Å². The van der Waals surface area contributed by atoms with Gasteiger partial charge in [0.1, 0.15) is 5.00 Å². The predicted octanol–water partition coefficient (Wildman–Crippen LogP) is 2.30. The van der Waals surface area contributed by atoms with E-state index < -0.39 is 18.0 Å². The topological polar surface area (TPSA) is 98.7 Å². The fraction of sp³-hybridized carbons (Fsp3) is 0.143. The third-order valence-electron chi connectivity index (χ3n) is 2.81. The van der Waals surface area contributed by atoms with E-state index in [1.807, 2.05) is 6.07 Å². The number of rotatable bonds is 5. The highest BCUT2D eigenvalue weighted by Gasteiger charge is 2.17. The zero-order valence-electron chi connectivity index (χ0n) is 10.9. The minimum atomic E-state index is -1.10. The molecule has 0 radical (unpaired) electrons. The van der Waals surface area contributed by atoms with Crippen LogP contribution in [0.25, 0.3) is 0 Å². The summed E-state index contributed by atoms with van der Waals surface area (Å²) in [4.78, 5) is 22.9. The van der Waals surface area contributed by atoms with Gasteiger partial charge in [-0.1, -0.05) is 30.3 Å². The molecule has 0 aliphatic rings. The number of hydrogen-bond acceptors (Lipinski definition) is 4. The molecule has 0 saturated carbocycles. The van der Waals surface area contributed by atoms with E-state index in [-0.39, 0.29) is 17.2 Å². The zero-order chi connectivity index (χ0) is 15.2. The molecule has 0 aliphatic heterocycles. The van der Waals surface area contributed by atoms with E-state index in [2.05, 4.69) is 10.6 Å². The molecule has 1 heterocycles. The van der Waals surface area contributed by atoms with Crippen molar-refractivity contribution < 1.29 is 19.8 Å². The van der Waals surface area contributed by atoms with E-state index in [9.17, 15) is 14.7 Å². The zero-order valence-corrected chi connectivity index (χ0v) is 11.8. The third-order valence-corrected chi connectivity index (χ3v) is 3.64. The van der Waals surface area contributed by atoms with Gasteiger partial charge in [-0.2, -0.15) is 0 Å². The Hall–Kier alpha value is -2.38. The molecule has 21 heavy (non-hydrogen) atoms. The lowest BCUT2D eigenvalue weighted by molar-refractivity contribution is 0.0698. The maximum atomic E-state index is 11.9. The summed E-state index contributed by atoms with van der Waals surface area (Å²) in [5, 5.41) is 25.3. The summed E-state index contributed by atoms with van der Waals surface area (Å²) < 4.78 is 0. The number of aromatic carboxylic acids is 1. The van der Waals surface area contributed by atoms with Gasteiger partial charge >= 0.3 is 12.0 Å². The molecule has 2 rings (SSSR count). The van der Waals surface area contributed by atoms with Crippen molar-refractivity contribution in [2.45, 2.75) is 6.04 Å². The molecule has 7 heteroatoms. The van der Waals surface area contributed by atoms with E-state index in [0.717, 1.165) is 16.9 Å². The van der Waals surface area contributed by atoms with Crippen molar-refractivity contribution in [1.29, 1.82) is 0 Å². The van der Waals surface area contributed by atoms with Crippen LogP contribution in [0.1, 0.15) is 22.0 Å². The number of thiophene rings is 1. The Bertz CT molecular complexity index is 627. The Morgan fingerprint density at radius 3 is 2.52 bits per heavy atom. The highest BCUT2D eigenvalue weighted by molar-refractivity contribution is 7.14. The summed E-state index contributed by atoms with van der Waals surface area (Å²) in [5.41, 5.74) is 0.801. The van der Waals surface area contributed by atoms with Gasteiger partial charge in [0.05, 0.1) is 18.2 Å². The van der Waals surface area contributed by atoms with E-state index >= 15 is 0 Å². The number of nitrogens with one attached hydrogen (secondary N) is 2. The van der Waals surface area contributed by atoms with Gasteiger partial charge in [0.25, 0.3) is 0 Å². The SMILES string of the molecule is O=C(Nc1sccc1C(=O)O)N[C@@H](CO)c1ccccc1. The fourth-order valence-electron chi connectivity index (χ4n) is 1.79. The number of benzene rings is 1. The highest BCUT2D eigenvalue weighted by Crippen LogP contribution is 2.23. The summed E-state index contributed by atoms with van der Waals surface area (Å²) >= 11 is 1.12. The van der Waals surface area contributed by atoms with Crippen molar-refractivity contribution in [3.05, 3.63) is 52.9 Å². The molecule has 110 valence electrons. The molecule has 0 unspecified atom stereocenters. The normalized spacial score (nSPS) is 11.7. The molecule has 2 amide bonds. The Morgan fingerprint density at radius 1 is 1.19 bits per heavy atom. The number of amides is 2. The number of carboxylic acids is 1. The molecule has 1 atom stereocenters. The number of anilines is 1. The third kappa shape index (κ3) is 3.80. The van der Waals surface area contributed by atoms with Gasteiger partial charge in [0, 0.05) is 0 Å². The van der Waals surface area contributed by atoms with Crippen LogP contribution in [-0.2, 0) is 0 Å². The number of carboxylic acid groups (broad SMARTS) is 1. The summed E-state index contributed by atoms with van der Waals surface area (Å²) in [6, 6.07) is 9.32. The minimum absolute atomic E-state index is 0.0374. The second-order valence-corrected chi connectivity index (χ2v) is 5.13. The average molecular weight is 306 g/mol. The van der Waals surface area contributed by atoms with Crippen molar-refractivity contribution in [3.8, 4) is 0 Å². The molecule has 0 aliphatic carbocycles. The molecule has 0 bridgehead atoms. The Kier molecular flexibility index (Phi) is 4.91. The lowest BCUT2D eigenvalue weighted by Crippen LogP contribution is -2.34. The van der Waals surface area contributed by atoms with Crippen molar-refractivity contribution in [3.63, 3.8) is 0 Å². The first kappa shape index (κ1) is 15.0. The first-order chi connectivity index (χ1) is 10.1. The summed E-state index contributed by atoms with van der Waals surface area (Å²) in [6.45, 7) is -0.256. The molecule has 0 spiro atoms. The van der Waals surface area contributed by atoms with E-state index in [4.69, 9.17) is 5.11 Å². The second-order valence-electron chi connectivity index (χ2n) is 4.21. The fourth-order valence-corrected chi connectivity index (χ4v) is 2.57. The summed E-state index contributed by atoms with van der Waals surface area (Å²) in [7, 11) is 0. The average Bonchev–Trinajstić information content (AvgIpc) is 2.94. The number of aliphatic hydroxyl groups is 1. The first-order valence-corrected chi connectivity index (χ1v) is 7.04. The van der Waals surface area contributed by atoms with Crippen LogP contribution in [0.4, 0.5) is 9.80 Å². The molecule has 0 fully saturated rings. The number of aliphatic hydroxyl groups excluding tert-OH is 1. The molecule has 4 N–H and O–H groups in total. The molecule has 2 aromatic rings. The Morgan fingerprint density at radius 2 is 1.90 bits per heavy atom. The molecular weight excluding hydrogens is 292 g/mol. The molecule has 1 aromatic carbocycles. The highest BCUT2D eigenvalue weighted by atomic mass is 32.1. The van der Waals surface area contributed by atoms with Crippen molar-refractivity contribution in [2.75, 3.05) is 11.9 Å². The predicted molar refractivity (Wildman–Crippen MR) is 79.7 cm³/mol. The Labute approximate surface area is 125 Å². The van der Waals surface area contributed by atoms with Crippen LogP contribution in [0.5, 0.6) is 0 Å². The first-order valence-electron chi connectivity index (χ1n) is 6.16. The van der Waals surface area contributed by atoms with Crippen LogP contribution < -0.4 is 10.6 Å². The number of hydrogen-bond donors (Lipinski definition) is 4. The van der Waals surface area contributed by atoms with E-state index in [0.29, 0.717) is 0 Å². The van der Waals surface area contributed by atoms with Crippen molar-refractivity contribution >= 4 is 28.3 Å². The lowest BCUT2D eigenvalue weighted by atomic mass is 10.1. The van der Waals surface area contributed by atoms with Crippen LogP contribution in [0.3, 0.4) is 0 Å². The largest absolute Gasteiger partial charge is 0.478 e. The second kappa shape index (κ2) is 6.87. The van der Waals surface area contributed by atoms with Gasteiger partial charge in [0.2, 0.25) is 0 Å². The minimum Gasteiger partial charge on any atom is -0.478 e. The monoisotopic (exact) mass is 306 g/mol. The van der Waals surface area contributed by atoms with Crippen LogP contribution >= 0.6 is 11.3 Å². The molecule has 1 aromatic heterocycles.